The molecule has 0 aliphatic carbocycles. The van der Waals surface area contributed by atoms with Gasteiger partial charge in [0.1, 0.15) is 0 Å². The molecule has 0 atom stereocenters. The molecule has 1 aromatic carbocycles. The van der Waals surface area contributed by atoms with Crippen LogP contribution in [-0.2, 0) is 11.3 Å². The minimum Gasteiger partial charge on any atom is -0.381 e. The second kappa shape index (κ2) is 6.06. The highest BCUT2D eigenvalue weighted by atomic mass is 35.5. The first-order chi connectivity index (χ1) is 10.6. The fourth-order valence-corrected chi connectivity index (χ4v) is 3.07. The van der Waals surface area contributed by atoms with Crippen LogP contribution in [0, 0.1) is 16.0 Å². The molecule has 0 amide bonds. The monoisotopic (exact) mass is 322 g/mol. The molecule has 0 N–H and O–H groups in total. The standard InChI is InChI=1S/C15H15ClN2O4/c16-13-8-15(19)17(9-10-3-5-22-6-4-10)14-2-1-11(18(20)21)7-12(13)14/h1-2,7-8,10H,3-6,9H2. The zero-order valence-corrected chi connectivity index (χ0v) is 12.6. The second-order valence-corrected chi connectivity index (χ2v) is 5.86. The van der Waals surface area contributed by atoms with Gasteiger partial charge in [-0.15, -0.1) is 0 Å². The van der Waals surface area contributed by atoms with Crippen molar-refractivity contribution in [1.82, 2.24) is 4.57 Å². The molecule has 1 fully saturated rings. The fraction of sp³-hybridized carbons (Fsp3) is 0.400. The third kappa shape index (κ3) is 2.84. The van der Waals surface area contributed by atoms with Crippen LogP contribution in [0.5, 0.6) is 0 Å². The highest BCUT2D eigenvalue weighted by molar-refractivity contribution is 6.35. The van der Waals surface area contributed by atoms with E-state index >= 15 is 0 Å². The predicted octanol–water partition coefficient (Wildman–Crippen LogP) is 2.99. The van der Waals surface area contributed by atoms with Gasteiger partial charge in [-0.3, -0.25) is 14.9 Å². The number of hydrogen-bond acceptors (Lipinski definition) is 4. The van der Waals surface area contributed by atoms with Gasteiger partial charge in [0.05, 0.1) is 15.5 Å². The number of ether oxygens (including phenoxy) is 1. The van der Waals surface area contributed by atoms with Crippen molar-refractivity contribution in [3.63, 3.8) is 0 Å². The van der Waals surface area contributed by atoms with Crippen LogP contribution in [0.25, 0.3) is 10.9 Å². The van der Waals surface area contributed by atoms with Crippen LogP contribution in [0.4, 0.5) is 5.69 Å². The molecule has 0 spiro atoms. The number of aromatic nitrogens is 1. The molecule has 7 heteroatoms. The topological polar surface area (TPSA) is 74.4 Å². The number of nitro benzene ring substituents is 1. The minimum atomic E-state index is -0.469. The minimum absolute atomic E-state index is 0.0364. The van der Waals surface area contributed by atoms with Crippen molar-refractivity contribution < 1.29 is 9.66 Å². The summed E-state index contributed by atoms with van der Waals surface area (Å²) in [5.74, 6) is 0.367. The lowest BCUT2D eigenvalue weighted by atomic mass is 10.00. The van der Waals surface area contributed by atoms with Gasteiger partial charge < -0.3 is 9.30 Å². The maximum Gasteiger partial charge on any atom is 0.270 e. The van der Waals surface area contributed by atoms with E-state index in [1.54, 1.807) is 10.6 Å². The largest absolute Gasteiger partial charge is 0.381 e. The van der Waals surface area contributed by atoms with Gasteiger partial charge in [0, 0.05) is 43.3 Å². The average molecular weight is 323 g/mol. The van der Waals surface area contributed by atoms with Crippen molar-refractivity contribution >= 4 is 28.2 Å². The molecule has 0 radical (unpaired) electrons. The van der Waals surface area contributed by atoms with Crippen LogP contribution >= 0.6 is 11.6 Å². The average Bonchev–Trinajstić information content (AvgIpc) is 2.52. The Morgan fingerprint density at radius 3 is 2.73 bits per heavy atom. The van der Waals surface area contributed by atoms with Gasteiger partial charge in [-0.05, 0) is 24.8 Å². The lowest BCUT2D eigenvalue weighted by molar-refractivity contribution is -0.384. The molecule has 0 bridgehead atoms. The summed E-state index contributed by atoms with van der Waals surface area (Å²) in [5, 5.41) is 11.7. The van der Waals surface area contributed by atoms with E-state index in [9.17, 15) is 14.9 Å². The molecule has 1 saturated heterocycles. The van der Waals surface area contributed by atoms with E-state index in [2.05, 4.69) is 0 Å². The lowest BCUT2D eigenvalue weighted by Crippen LogP contribution is -2.27. The van der Waals surface area contributed by atoms with Crippen LogP contribution in [0.3, 0.4) is 0 Å². The molecular weight excluding hydrogens is 308 g/mol. The Bertz CT molecular complexity index is 781. The van der Waals surface area contributed by atoms with Crippen molar-refractivity contribution in [1.29, 1.82) is 0 Å². The van der Waals surface area contributed by atoms with Crippen molar-refractivity contribution in [3.05, 3.63) is 49.8 Å². The van der Waals surface area contributed by atoms with Crippen molar-refractivity contribution in [2.75, 3.05) is 13.2 Å². The highest BCUT2D eigenvalue weighted by Crippen LogP contribution is 2.27. The van der Waals surface area contributed by atoms with Gasteiger partial charge >= 0.3 is 0 Å². The maximum absolute atomic E-state index is 12.3. The van der Waals surface area contributed by atoms with Gasteiger partial charge in [-0.2, -0.15) is 0 Å². The number of fused-ring (bicyclic) bond motifs is 1. The van der Waals surface area contributed by atoms with Gasteiger partial charge in [-0.1, -0.05) is 11.6 Å². The van der Waals surface area contributed by atoms with Crippen molar-refractivity contribution in [3.8, 4) is 0 Å². The summed E-state index contributed by atoms with van der Waals surface area (Å²) in [4.78, 5) is 22.7. The Kier molecular flexibility index (Phi) is 4.13. The first-order valence-electron chi connectivity index (χ1n) is 7.11. The molecule has 3 rings (SSSR count). The van der Waals surface area contributed by atoms with Gasteiger partial charge in [0.2, 0.25) is 0 Å². The maximum atomic E-state index is 12.3. The Hall–Kier alpha value is -1.92. The summed E-state index contributed by atoms with van der Waals surface area (Å²) in [6.45, 7) is 1.99. The van der Waals surface area contributed by atoms with Gasteiger partial charge in [-0.25, -0.2) is 0 Å². The number of hydrogen-bond donors (Lipinski definition) is 0. The summed E-state index contributed by atoms with van der Waals surface area (Å²) in [7, 11) is 0. The number of halogens is 1. The van der Waals surface area contributed by atoms with Crippen LogP contribution in [0.15, 0.2) is 29.1 Å². The molecule has 2 aromatic rings. The Balaban J connectivity index is 2.08. The second-order valence-electron chi connectivity index (χ2n) is 5.46. The molecule has 1 aliphatic rings. The molecule has 116 valence electrons. The smallest absolute Gasteiger partial charge is 0.270 e. The summed E-state index contributed by atoms with van der Waals surface area (Å²) in [5.41, 5.74) is 0.415. The van der Waals surface area contributed by atoms with Crippen LogP contribution < -0.4 is 5.56 Å². The van der Waals surface area contributed by atoms with E-state index in [-0.39, 0.29) is 16.3 Å². The van der Waals surface area contributed by atoms with Crippen molar-refractivity contribution in [2.24, 2.45) is 5.92 Å². The predicted molar refractivity (Wildman–Crippen MR) is 83.4 cm³/mol. The number of benzene rings is 1. The number of non-ortho nitro benzene ring substituents is 1. The van der Waals surface area contributed by atoms with E-state index in [0.717, 1.165) is 12.8 Å². The quantitative estimate of drug-likeness (QED) is 0.643. The first kappa shape index (κ1) is 15.0. The molecule has 2 heterocycles. The fourth-order valence-electron chi connectivity index (χ4n) is 2.82. The molecule has 1 aromatic heterocycles. The van der Waals surface area contributed by atoms with E-state index in [0.29, 0.717) is 36.6 Å². The summed E-state index contributed by atoms with van der Waals surface area (Å²) < 4.78 is 6.99. The number of rotatable bonds is 3. The molecule has 6 nitrogen and oxygen atoms in total. The Labute approximate surface area is 131 Å². The number of nitrogens with zero attached hydrogens (tertiary/aromatic N) is 2. The van der Waals surface area contributed by atoms with E-state index in [1.807, 2.05) is 0 Å². The molecule has 0 saturated carbocycles. The summed E-state index contributed by atoms with van der Waals surface area (Å²) >= 11 is 6.10. The third-order valence-electron chi connectivity index (χ3n) is 4.04. The SMILES string of the molecule is O=c1cc(Cl)c2cc([N+](=O)[O-])ccc2n1CC1CCOCC1. The molecule has 0 unspecified atom stereocenters. The van der Waals surface area contributed by atoms with E-state index in [4.69, 9.17) is 16.3 Å². The number of nitro groups is 1. The Morgan fingerprint density at radius 2 is 2.05 bits per heavy atom. The van der Waals surface area contributed by atoms with Crippen LogP contribution in [-0.4, -0.2) is 22.7 Å². The zero-order chi connectivity index (χ0) is 15.7. The normalized spacial score (nSPS) is 16.0. The Morgan fingerprint density at radius 1 is 1.32 bits per heavy atom. The number of pyridine rings is 1. The molecule has 1 aliphatic heterocycles. The third-order valence-corrected chi connectivity index (χ3v) is 4.35. The van der Waals surface area contributed by atoms with Crippen LogP contribution in [0.1, 0.15) is 12.8 Å². The molecule has 22 heavy (non-hydrogen) atoms. The summed E-state index contributed by atoms with van der Waals surface area (Å²) in [6.07, 6.45) is 1.81. The summed E-state index contributed by atoms with van der Waals surface area (Å²) in [6, 6.07) is 5.74. The highest BCUT2D eigenvalue weighted by Gasteiger charge is 2.18. The zero-order valence-electron chi connectivity index (χ0n) is 11.8. The van der Waals surface area contributed by atoms with Crippen molar-refractivity contribution in [2.45, 2.75) is 19.4 Å². The molecular formula is C15H15ClN2O4. The first-order valence-corrected chi connectivity index (χ1v) is 7.49. The van der Waals surface area contributed by atoms with Gasteiger partial charge in [0.25, 0.3) is 11.2 Å². The lowest BCUT2D eigenvalue weighted by Gasteiger charge is -2.23. The van der Waals surface area contributed by atoms with E-state index in [1.165, 1.54) is 18.2 Å². The van der Waals surface area contributed by atoms with E-state index < -0.39 is 4.92 Å². The van der Waals surface area contributed by atoms with Crippen LogP contribution in [0.2, 0.25) is 5.02 Å². The van der Waals surface area contributed by atoms with Gasteiger partial charge in [0.15, 0.2) is 0 Å².